The molecule has 0 aromatic heterocycles. The summed E-state index contributed by atoms with van der Waals surface area (Å²) in [6.07, 6.45) is 7.52. The molecule has 1 aliphatic rings. The lowest BCUT2D eigenvalue weighted by atomic mass is 9.99. The Morgan fingerprint density at radius 3 is 2.56 bits per heavy atom. The van der Waals surface area contributed by atoms with Crippen molar-refractivity contribution in [2.24, 2.45) is 10.9 Å². The Hall–Kier alpha value is -3.07. The number of nitrogens with zero attached hydrogens (tertiary/aromatic N) is 2. The SMILES string of the molecule is CCC(C)OC(=O)c1c(O)cc(O)cc1CC(C=CCC(C)N)=NOCC(=O)N1CCCCC1. The molecule has 2 unspecified atom stereocenters. The van der Waals surface area contributed by atoms with Crippen molar-refractivity contribution in [2.75, 3.05) is 19.7 Å². The van der Waals surface area contributed by atoms with Gasteiger partial charge in [0.15, 0.2) is 6.61 Å². The fourth-order valence-electron chi connectivity index (χ4n) is 3.51. The molecule has 4 N–H and O–H groups in total. The molecule has 1 amide bonds. The monoisotopic (exact) mass is 475 g/mol. The molecule has 1 fully saturated rings. The van der Waals surface area contributed by atoms with Gasteiger partial charge in [-0.05, 0) is 63.7 Å². The molecule has 0 radical (unpaired) electrons. The summed E-state index contributed by atoms with van der Waals surface area (Å²) in [5, 5.41) is 24.5. The van der Waals surface area contributed by atoms with Crippen molar-refractivity contribution < 1.29 is 29.4 Å². The Bertz CT molecular complexity index is 891. The molecule has 9 nitrogen and oxygen atoms in total. The first-order valence-corrected chi connectivity index (χ1v) is 11.9. The van der Waals surface area contributed by atoms with Gasteiger partial charge in [0, 0.05) is 31.6 Å². The molecule has 188 valence electrons. The number of phenols is 2. The molecule has 1 heterocycles. The second-order valence-electron chi connectivity index (χ2n) is 8.71. The Morgan fingerprint density at radius 2 is 1.91 bits per heavy atom. The second kappa shape index (κ2) is 13.6. The van der Waals surface area contributed by atoms with E-state index >= 15 is 0 Å². The van der Waals surface area contributed by atoms with Crippen molar-refractivity contribution in [1.82, 2.24) is 4.90 Å². The number of phenolic OH excluding ortho intramolecular Hbond substituents is 2. The van der Waals surface area contributed by atoms with E-state index in [1.807, 2.05) is 19.9 Å². The topological polar surface area (TPSA) is 135 Å². The zero-order chi connectivity index (χ0) is 25.1. The summed E-state index contributed by atoms with van der Waals surface area (Å²) in [5.74, 6) is -1.41. The summed E-state index contributed by atoms with van der Waals surface area (Å²) in [6, 6.07) is 2.40. The van der Waals surface area contributed by atoms with Gasteiger partial charge in [0.1, 0.15) is 17.1 Å². The molecular weight excluding hydrogens is 438 g/mol. The highest BCUT2D eigenvalue weighted by molar-refractivity contribution is 6.00. The lowest BCUT2D eigenvalue weighted by Crippen LogP contribution is -2.37. The number of oxime groups is 1. The minimum atomic E-state index is -0.693. The number of esters is 1. The maximum absolute atomic E-state index is 12.7. The fraction of sp³-hybridized carbons (Fsp3) is 0.560. The Morgan fingerprint density at radius 1 is 1.21 bits per heavy atom. The molecule has 1 aliphatic heterocycles. The van der Waals surface area contributed by atoms with E-state index in [2.05, 4.69) is 5.16 Å². The van der Waals surface area contributed by atoms with Gasteiger partial charge in [-0.15, -0.1) is 0 Å². The van der Waals surface area contributed by atoms with Crippen LogP contribution in [0.2, 0.25) is 0 Å². The van der Waals surface area contributed by atoms with Crippen molar-refractivity contribution in [3.05, 3.63) is 35.4 Å². The fourth-order valence-corrected chi connectivity index (χ4v) is 3.51. The third-order valence-electron chi connectivity index (χ3n) is 5.54. The number of benzene rings is 1. The van der Waals surface area contributed by atoms with E-state index in [1.165, 1.54) is 6.07 Å². The third-order valence-corrected chi connectivity index (χ3v) is 5.54. The first-order valence-electron chi connectivity index (χ1n) is 11.9. The summed E-state index contributed by atoms with van der Waals surface area (Å²) in [4.78, 5) is 32.2. The summed E-state index contributed by atoms with van der Waals surface area (Å²) in [6.45, 7) is 6.75. The second-order valence-corrected chi connectivity index (χ2v) is 8.71. The maximum atomic E-state index is 12.7. The number of nitrogens with two attached hydrogens (primary N) is 1. The van der Waals surface area contributed by atoms with E-state index in [0.29, 0.717) is 24.1 Å². The molecule has 1 aromatic rings. The minimum absolute atomic E-state index is 0.0456. The zero-order valence-corrected chi connectivity index (χ0v) is 20.3. The van der Waals surface area contributed by atoms with Gasteiger partial charge in [-0.1, -0.05) is 18.2 Å². The van der Waals surface area contributed by atoms with Gasteiger partial charge in [0.05, 0.1) is 11.8 Å². The maximum Gasteiger partial charge on any atom is 0.342 e. The van der Waals surface area contributed by atoms with Crippen LogP contribution in [0.4, 0.5) is 0 Å². The first kappa shape index (κ1) is 27.2. The van der Waals surface area contributed by atoms with Gasteiger partial charge in [-0.2, -0.15) is 0 Å². The predicted molar refractivity (Wildman–Crippen MR) is 130 cm³/mol. The number of carbonyl (C=O) groups is 2. The molecule has 0 aliphatic carbocycles. The highest BCUT2D eigenvalue weighted by atomic mass is 16.6. The highest BCUT2D eigenvalue weighted by Gasteiger charge is 2.22. The zero-order valence-electron chi connectivity index (χ0n) is 20.3. The van der Waals surface area contributed by atoms with E-state index in [-0.39, 0.29) is 48.1 Å². The van der Waals surface area contributed by atoms with E-state index in [9.17, 15) is 19.8 Å². The quantitative estimate of drug-likeness (QED) is 0.254. The normalized spacial score (nSPS) is 16.4. The molecule has 9 heteroatoms. The number of carbonyl (C=O) groups excluding carboxylic acids is 2. The van der Waals surface area contributed by atoms with Gasteiger partial charge >= 0.3 is 5.97 Å². The van der Waals surface area contributed by atoms with Crippen molar-refractivity contribution in [3.63, 3.8) is 0 Å². The first-order chi connectivity index (χ1) is 16.2. The van der Waals surface area contributed by atoms with Crippen LogP contribution < -0.4 is 5.73 Å². The molecule has 0 saturated carbocycles. The number of aromatic hydroxyl groups is 2. The lowest BCUT2D eigenvalue weighted by molar-refractivity contribution is -0.137. The Labute approximate surface area is 201 Å². The van der Waals surface area contributed by atoms with Crippen LogP contribution in [0.15, 0.2) is 29.4 Å². The van der Waals surface area contributed by atoms with Crippen LogP contribution >= 0.6 is 0 Å². The Kier molecular flexibility index (Phi) is 10.9. The van der Waals surface area contributed by atoms with E-state index in [0.717, 1.165) is 38.4 Å². The number of hydrogen-bond acceptors (Lipinski definition) is 8. The largest absolute Gasteiger partial charge is 0.508 e. The van der Waals surface area contributed by atoms with Crippen LogP contribution in [-0.2, 0) is 20.8 Å². The third kappa shape index (κ3) is 8.70. The predicted octanol–water partition coefficient (Wildman–Crippen LogP) is 3.27. The van der Waals surface area contributed by atoms with Gasteiger partial charge in [0.25, 0.3) is 5.91 Å². The van der Waals surface area contributed by atoms with Gasteiger partial charge in [0.2, 0.25) is 0 Å². The minimum Gasteiger partial charge on any atom is -0.508 e. The average molecular weight is 476 g/mol. The van der Waals surface area contributed by atoms with Crippen LogP contribution in [0.25, 0.3) is 0 Å². The number of hydrogen-bond donors (Lipinski definition) is 3. The molecule has 0 bridgehead atoms. The highest BCUT2D eigenvalue weighted by Crippen LogP contribution is 2.29. The van der Waals surface area contributed by atoms with Crippen LogP contribution in [0.1, 0.15) is 68.8 Å². The van der Waals surface area contributed by atoms with E-state index in [4.69, 9.17) is 15.3 Å². The molecule has 1 saturated heterocycles. The van der Waals surface area contributed by atoms with Gasteiger partial charge in [-0.3, -0.25) is 4.79 Å². The number of ether oxygens (including phenoxy) is 1. The number of amides is 1. The van der Waals surface area contributed by atoms with Crippen LogP contribution in [-0.4, -0.2) is 64.5 Å². The Balaban J connectivity index is 2.24. The number of piperidine rings is 1. The summed E-state index contributed by atoms with van der Waals surface area (Å²) < 4.78 is 5.38. The summed E-state index contributed by atoms with van der Waals surface area (Å²) >= 11 is 0. The molecule has 1 aromatic carbocycles. The molecular formula is C25H37N3O6. The van der Waals surface area contributed by atoms with E-state index in [1.54, 1.807) is 17.9 Å². The smallest absolute Gasteiger partial charge is 0.342 e. The van der Waals surface area contributed by atoms with Crippen molar-refractivity contribution >= 4 is 17.6 Å². The van der Waals surface area contributed by atoms with Gasteiger partial charge in [-0.25, -0.2) is 4.79 Å². The van der Waals surface area contributed by atoms with Crippen LogP contribution in [0.5, 0.6) is 11.5 Å². The summed E-state index contributed by atoms with van der Waals surface area (Å²) in [5.41, 5.74) is 6.49. The number of rotatable bonds is 11. The number of likely N-dealkylation sites (tertiary alicyclic amines) is 1. The molecule has 2 rings (SSSR count). The van der Waals surface area contributed by atoms with Crippen LogP contribution in [0.3, 0.4) is 0 Å². The van der Waals surface area contributed by atoms with Crippen LogP contribution in [0, 0.1) is 0 Å². The van der Waals surface area contributed by atoms with Crippen molar-refractivity contribution in [2.45, 2.75) is 71.4 Å². The van der Waals surface area contributed by atoms with Crippen molar-refractivity contribution in [1.29, 1.82) is 0 Å². The standard InChI is InChI=1S/C25H37N3O6/c1-4-18(3)34-25(32)24-19(14-21(29)15-22(24)30)13-20(10-8-9-17(2)26)27-33-16-23(31)28-11-6-5-7-12-28/h8,10,14-15,17-18,29-30H,4-7,9,11-13,16,26H2,1-3H3. The van der Waals surface area contributed by atoms with E-state index < -0.39 is 5.97 Å². The lowest BCUT2D eigenvalue weighted by Gasteiger charge is -2.26. The van der Waals surface area contributed by atoms with Crippen molar-refractivity contribution in [3.8, 4) is 11.5 Å². The van der Waals surface area contributed by atoms with Gasteiger partial charge < -0.3 is 30.4 Å². The average Bonchev–Trinajstić information content (AvgIpc) is 2.78. The molecule has 34 heavy (non-hydrogen) atoms. The molecule has 0 spiro atoms. The summed E-state index contributed by atoms with van der Waals surface area (Å²) in [7, 11) is 0. The number of allylic oxidation sites excluding steroid dienone is 1. The molecule has 2 atom stereocenters.